The van der Waals surface area contributed by atoms with Gasteiger partial charge in [0.1, 0.15) is 0 Å². The average Bonchev–Trinajstić information content (AvgIpc) is 2.57. The first-order valence-electron chi connectivity index (χ1n) is 9.20. The number of hydrogen-bond donors (Lipinski definition) is 3. The topological polar surface area (TPSA) is 65.5 Å². The Balaban J connectivity index is 0.00000529. The molecule has 1 aliphatic rings. The van der Waals surface area contributed by atoms with Gasteiger partial charge in [-0.1, -0.05) is 52.9 Å². The third-order valence-corrected chi connectivity index (χ3v) is 5.01. The second kappa shape index (κ2) is 12.8. The Hall–Kier alpha value is -0.530. The van der Waals surface area contributed by atoms with Crippen LogP contribution >= 0.6 is 24.0 Å². The van der Waals surface area contributed by atoms with E-state index in [1.54, 1.807) is 7.05 Å². The van der Waals surface area contributed by atoms with Crippen LogP contribution < -0.4 is 16.0 Å². The third kappa shape index (κ3) is 8.53. The van der Waals surface area contributed by atoms with Crippen molar-refractivity contribution in [1.29, 1.82) is 0 Å². The zero-order valence-corrected chi connectivity index (χ0v) is 18.4. The molecule has 2 atom stereocenters. The van der Waals surface area contributed by atoms with Crippen LogP contribution in [0.25, 0.3) is 0 Å². The lowest BCUT2D eigenvalue weighted by molar-refractivity contribution is -0.123. The number of carbonyl (C=O) groups is 1. The van der Waals surface area contributed by atoms with Crippen molar-refractivity contribution in [3.8, 4) is 0 Å². The predicted molar refractivity (Wildman–Crippen MR) is 113 cm³/mol. The molecule has 3 N–H and O–H groups in total. The summed E-state index contributed by atoms with van der Waals surface area (Å²) < 4.78 is 0. The molecule has 2 unspecified atom stereocenters. The molecule has 6 heteroatoms. The van der Waals surface area contributed by atoms with Gasteiger partial charge in [0.05, 0.1) is 0 Å². The Morgan fingerprint density at radius 2 is 1.62 bits per heavy atom. The van der Waals surface area contributed by atoms with E-state index >= 15 is 0 Å². The molecule has 0 spiro atoms. The molecular weight excluding hydrogens is 415 g/mol. The van der Waals surface area contributed by atoms with Crippen LogP contribution in [0, 0.1) is 17.8 Å². The molecule has 0 heterocycles. The minimum atomic E-state index is 0. The van der Waals surface area contributed by atoms with E-state index in [2.05, 4.69) is 34.8 Å². The van der Waals surface area contributed by atoms with Crippen LogP contribution in [0.4, 0.5) is 0 Å². The van der Waals surface area contributed by atoms with Gasteiger partial charge in [0.25, 0.3) is 0 Å². The minimum absolute atomic E-state index is 0. The highest BCUT2D eigenvalue weighted by Gasteiger charge is 2.24. The molecule has 1 rings (SSSR count). The lowest BCUT2D eigenvalue weighted by atomic mass is 9.78. The number of guanidine groups is 1. The van der Waals surface area contributed by atoms with E-state index in [9.17, 15) is 4.79 Å². The number of halogens is 1. The first kappa shape index (κ1) is 23.5. The molecule has 0 aromatic rings. The Kier molecular flexibility index (Phi) is 12.5. The van der Waals surface area contributed by atoms with E-state index in [1.165, 1.54) is 32.1 Å². The second-order valence-electron chi connectivity index (χ2n) is 7.13. The summed E-state index contributed by atoms with van der Waals surface area (Å²) in [5.74, 6) is 2.42. The standard InChI is InChI=1S/C18H36N4O.HI/c1-13(2)17(23)20-11-12-21-18(19-5)22-15(4)14(3)16-9-7-6-8-10-16;/h13-16H,6-12H2,1-5H3,(H,20,23)(H2,19,21,22);1H. The molecule has 0 aromatic carbocycles. The van der Waals surface area contributed by atoms with Crippen molar-refractivity contribution in [3.05, 3.63) is 0 Å². The van der Waals surface area contributed by atoms with Crippen LogP contribution in [0.5, 0.6) is 0 Å². The van der Waals surface area contributed by atoms with Crippen LogP contribution in [0.2, 0.25) is 0 Å². The van der Waals surface area contributed by atoms with E-state index in [0.717, 1.165) is 11.9 Å². The van der Waals surface area contributed by atoms with Crippen molar-refractivity contribution < 1.29 is 4.79 Å². The minimum Gasteiger partial charge on any atom is -0.355 e. The molecular formula is C18H37IN4O. The number of nitrogens with zero attached hydrogens (tertiary/aromatic N) is 1. The molecule has 1 saturated carbocycles. The summed E-state index contributed by atoms with van der Waals surface area (Å²) in [5, 5.41) is 9.68. The van der Waals surface area contributed by atoms with Gasteiger partial charge in [-0.2, -0.15) is 0 Å². The average molecular weight is 452 g/mol. The van der Waals surface area contributed by atoms with Crippen molar-refractivity contribution in [2.75, 3.05) is 20.1 Å². The monoisotopic (exact) mass is 452 g/mol. The molecule has 0 aromatic heterocycles. The molecule has 24 heavy (non-hydrogen) atoms. The van der Waals surface area contributed by atoms with Crippen molar-refractivity contribution >= 4 is 35.8 Å². The molecule has 0 aliphatic heterocycles. The number of hydrogen-bond acceptors (Lipinski definition) is 2. The Bertz CT molecular complexity index is 381. The molecule has 0 saturated heterocycles. The maximum atomic E-state index is 11.5. The zero-order valence-electron chi connectivity index (χ0n) is 16.0. The first-order valence-corrected chi connectivity index (χ1v) is 9.20. The summed E-state index contributed by atoms with van der Waals surface area (Å²) in [6.45, 7) is 9.69. The zero-order chi connectivity index (χ0) is 17.2. The lowest BCUT2D eigenvalue weighted by Gasteiger charge is -2.32. The quantitative estimate of drug-likeness (QED) is 0.241. The normalized spacial score (nSPS) is 18.5. The molecule has 1 aliphatic carbocycles. The number of amides is 1. The van der Waals surface area contributed by atoms with E-state index in [4.69, 9.17) is 0 Å². The number of rotatable bonds is 7. The summed E-state index contributed by atoms with van der Waals surface area (Å²) >= 11 is 0. The van der Waals surface area contributed by atoms with Crippen molar-refractivity contribution in [2.24, 2.45) is 22.7 Å². The van der Waals surface area contributed by atoms with E-state index in [-0.39, 0.29) is 35.8 Å². The fourth-order valence-corrected chi connectivity index (χ4v) is 3.18. The van der Waals surface area contributed by atoms with Gasteiger partial charge >= 0.3 is 0 Å². The molecule has 5 nitrogen and oxygen atoms in total. The molecule has 142 valence electrons. The summed E-state index contributed by atoms with van der Waals surface area (Å²) in [7, 11) is 1.79. The van der Waals surface area contributed by atoms with E-state index in [0.29, 0.717) is 25.0 Å². The highest BCUT2D eigenvalue weighted by molar-refractivity contribution is 14.0. The number of carbonyl (C=O) groups excluding carboxylic acids is 1. The molecule has 0 radical (unpaired) electrons. The summed E-state index contributed by atoms with van der Waals surface area (Å²) in [6.07, 6.45) is 6.88. The van der Waals surface area contributed by atoms with E-state index < -0.39 is 0 Å². The van der Waals surface area contributed by atoms with Crippen LogP contribution in [0.15, 0.2) is 4.99 Å². The van der Waals surface area contributed by atoms with Crippen LogP contribution in [0.1, 0.15) is 59.8 Å². The van der Waals surface area contributed by atoms with Gasteiger partial charge in [0.15, 0.2) is 5.96 Å². The Labute approximate surface area is 165 Å². The van der Waals surface area contributed by atoms with Crippen LogP contribution in [-0.2, 0) is 4.79 Å². The summed E-state index contributed by atoms with van der Waals surface area (Å²) in [4.78, 5) is 15.8. The largest absolute Gasteiger partial charge is 0.355 e. The van der Waals surface area contributed by atoms with Gasteiger partial charge in [-0.05, 0) is 18.8 Å². The second-order valence-corrected chi connectivity index (χ2v) is 7.13. The van der Waals surface area contributed by atoms with Gasteiger partial charge in [-0.3, -0.25) is 9.79 Å². The SMILES string of the molecule is CN=C(NCCNC(=O)C(C)C)NC(C)C(C)C1CCCCC1.I. The fourth-order valence-electron chi connectivity index (χ4n) is 3.18. The molecule has 0 bridgehead atoms. The van der Waals surface area contributed by atoms with E-state index in [1.807, 2.05) is 13.8 Å². The van der Waals surface area contributed by atoms with Gasteiger partial charge in [-0.15, -0.1) is 24.0 Å². The molecule has 1 amide bonds. The highest BCUT2D eigenvalue weighted by Crippen LogP contribution is 2.31. The Morgan fingerprint density at radius 1 is 1.04 bits per heavy atom. The first-order chi connectivity index (χ1) is 11.0. The summed E-state index contributed by atoms with van der Waals surface area (Å²) in [5.41, 5.74) is 0. The van der Waals surface area contributed by atoms with Crippen LogP contribution in [-0.4, -0.2) is 38.0 Å². The van der Waals surface area contributed by atoms with Crippen molar-refractivity contribution in [1.82, 2.24) is 16.0 Å². The summed E-state index contributed by atoms with van der Waals surface area (Å²) in [6, 6.07) is 0.398. The smallest absolute Gasteiger partial charge is 0.222 e. The highest BCUT2D eigenvalue weighted by atomic mass is 127. The van der Waals surface area contributed by atoms with Gasteiger partial charge in [0, 0.05) is 32.1 Å². The van der Waals surface area contributed by atoms with Gasteiger partial charge in [0.2, 0.25) is 5.91 Å². The number of aliphatic imine (C=N–C) groups is 1. The number of nitrogens with one attached hydrogen (secondary N) is 3. The third-order valence-electron chi connectivity index (χ3n) is 5.01. The predicted octanol–water partition coefficient (Wildman–Crippen LogP) is 3.15. The maximum Gasteiger partial charge on any atom is 0.222 e. The van der Waals surface area contributed by atoms with Gasteiger partial charge in [-0.25, -0.2) is 0 Å². The van der Waals surface area contributed by atoms with Crippen LogP contribution in [0.3, 0.4) is 0 Å². The lowest BCUT2D eigenvalue weighted by Crippen LogP contribution is -2.48. The maximum absolute atomic E-state index is 11.5. The van der Waals surface area contributed by atoms with Gasteiger partial charge < -0.3 is 16.0 Å². The fraction of sp³-hybridized carbons (Fsp3) is 0.889. The molecule has 1 fully saturated rings. The van der Waals surface area contributed by atoms with Crippen molar-refractivity contribution in [3.63, 3.8) is 0 Å². The van der Waals surface area contributed by atoms with Crippen molar-refractivity contribution in [2.45, 2.75) is 65.8 Å². The Morgan fingerprint density at radius 3 is 2.17 bits per heavy atom.